The Morgan fingerprint density at radius 2 is 0.737 bits per heavy atom. The zero-order valence-corrected chi connectivity index (χ0v) is 32.7. The van der Waals surface area contributed by atoms with Crippen LogP contribution in [-0.4, -0.2) is 201 Å². The molecule has 9 aliphatic rings. The van der Waals surface area contributed by atoms with Gasteiger partial charge in [-0.2, -0.15) is 0 Å². The summed E-state index contributed by atoms with van der Waals surface area (Å²) in [6.07, 6.45) is 4.77. The van der Waals surface area contributed by atoms with E-state index in [1.165, 1.54) is 0 Å². The van der Waals surface area contributed by atoms with Gasteiger partial charge in [0.1, 0.15) is 54.0 Å². The summed E-state index contributed by atoms with van der Waals surface area (Å²) in [5, 5.41) is 45.8. The van der Waals surface area contributed by atoms with Crippen LogP contribution in [0.5, 0.6) is 0 Å². The number of carbonyl (C=O) groups excluding carboxylic acids is 3. The lowest BCUT2D eigenvalue weighted by molar-refractivity contribution is -0.127. The number of Topliss-reactive ketones (excluding diaryl/α,β-unsaturated/α-hetero) is 3. The molecule has 0 spiro atoms. The van der Waals surface area contributed by atoms with Crippen molar-refractivity contribution in [2.75, 3.05) is 79.3 Å². The number of fused-ring (bicyclic) bond motifs is 15. The molecule has 326 valence electrons. The summed E-state index contributed by atoms with van der Waals surface area (Å²) < 4.78 is 52.9. The lowest BCUT2D eigenvalue weighted by atomic mass is 9.85. The smallest absolute Gasteiger partial charge is 0.141 e. The number of rotatable bonds is 22. The molecule has 9 rings (SSSR count). The molecule has 9 saturated heterocycles. The van der Waals surface area contributed by atoms with E-state index in [0.29, 0.717) is 65.3 Å². The number of aliphatic hydroxyl groups is 6. The Balaban J connectivity index is 0.000000406. The number of hydrogen-bond donors (Lipinski definition) is 6. The van der Waals surface area contributed by atoms with Crippen LogP contribution in [0.3, 0.4) is 0 Å². The minimum atomic E-state index is -0.477. The van der Waals surface area contributed by atoms with Crippen LogP contribution >= 0.6 is 0 Å². The molecule has 57 heavy (non-hydrogen) atoms. The van der Waals surface area contributed by atoms with E-state index < -0.39 is 5.41 Å². The molecule has 0 aromatic carbocycles. The normalized spacial score (nSPS) is 39.3. The van der Waals surface area contributed by atoms with Crippen molar-refractivity contribution >= 4 is 17.3 Å². The van der Waals surface area contributed by atoms with E-state index in [0.717, 1.165) is 19.3 Å². The van der Waals surface area contributed by atoms with Crippen LogP contribution < -0.4 is 0 Å². The van der Waals surface area contributed by atoms with Gasteiger partial charge in [-0.15, -0.1) is 0 Å². The molecule has 6 N–H and O–H groups in total. The van der Waals surface area contributed by atoms with Crippen molar-refractivity contribution in [1.29, 1.82) is 0 Å². The predicted molar refractivity (Wildman–Crippen MR) is 193 cm³/mol. The molecule has 0 radical (unpaired) electrons. The van der Waals surface area contributed by atoms with E-state index in [1.807, 2.05) is 0 Å². The monoisotopic (exact) mass is 818 g/mol. The number of hydrogen-bond acceptors (Lipinski definition) is 18. The van der Waals surface area contributed by atoms with Crippen LogP contribution in [0, 0.1) is 23.2 Å². The molecule has 18 nitrogen and oxygen atoms in total. The van der Waals surface area contributed by atoms with Crippen molar-refractivity contribution in [1.82, 2.24) is 0 Å². The molecule has 15 atom stereocenters. The average Bonchev–Trinajstić information content (AvgIpc) is 4.18. The Morgan fingerprint density at radius 3 is 0.947 bits per heavy atom. The predicted octanol–water partition coefficient (Wildman–Crippen LogP) is -2.11. The second-order valence-electron chi connectivity index (χ2n) is 16.1. The molecule has 0 aromatic rings. The SMILES string of the molecule is CCC(COCCC(=O)C1CC2OC1C1OC21)(COCCC(=O)C1CC2OC1C1OC21)COCCC(=O)C1CC2OC1C1OC21.OCCO.OCCO.OCCO. The van der Waals surface area contributed by atoms with Gasteiger partial charge in [0.05, 0.1) is 116 Å². The fraction of sp³-hybridized carbons (Fsp3) is 0.923. The van der Waals surface area contributed by atoms with E-state index in [9.17, 15) is 14.4 Å². The van der Waals surface area contributed by atoms with E-state index >= 15 is 0 Å². The quantitative estimate of drug-likeness (QED) is 0.0504. The molecular weight excluding hydrogens is 756 g/mol. The van der Waals surface area contributed by atoms with Crippen LogP contribution in [0.1, 0.15) is 51.9 Å². The number of carbonyl (C=O) groups is 3. The third-order valence-corrected chi connectivity index (χ3v) is 12.4. The first-order valence-corrected chi connectivity index (χ1v) is 20.6. The van der Waals surface area contributed by atoms with Gasteiger partial charge in [-0.3, -0.25) is 14.4 Å². The number of ether oxygens (including phenoxy) is 9. The Hall–Kier alpha value is -1.59. The topological polar surface area (TPSA) is 266 Å². The lowest BCUT2D eigenvalue weighted by Gasteiger charge is -2.32. The summed E-state index contributed by atoms with van der Waals surface area (Å²) in [4.78, 5) is 38.8. The van der Waals surface area contributed by atoms with Crippen LogP contribution in [0.25, 0.3) is 0 Å². The Bertz CT molecular complexity index is 1160. The van der Waals surface area contributed by atoms with Gasteiger partial charge in [0, 0.05) is 42.4 Å². The summed E-state index contributed by atoms with van der Waals surface area (Å²) >= 11 is 0. The van der Waals surface area contributed by atoms with Crippen molar-refractivity contribution in [2.45, 2.75) is 125 Å². The van der Waals surface area contributed by atoms with Crippen molar-refractivity contribution in [2.24, 2.45) is 23.2 Å². The van der Waals surface area contributed by atoms with Crippen LogP contribution in [-0.2, 0) is 57.0 Å². The van der Waals surface area contributed by atoms with E-state index in [-0.39, 0.29) is 148 Å². The summed E-state index contributed by atoms with van der Waals surface area (Å²) in [5.41, 5.74) is -0.477. The van der Waals surface area contributed by atoms with E-state index in [2.05, 4.69) is 6.92 Å². The highest BCUT2D eigenvalue weighted by atomic mass is 16.7. The highest BCUT2D eigenvalue weighted by Crippen LogP contribution is 2.53. The Labute approximate surface area is 332 Å². The summed E-state index contributed by atoms with van der Waals surface area (Å²) in [6, 6.07) is 0. The van der Waals surface area contributed by atoms with Gasteiger partial charge in [-0.25, -0.2) is 0 Å². The van der Waals surface area contributed by atoms with Crippen molar-refractivity contribution in [3.05, 3.63) is 0 Å². The number of ketones is 3. The van der Waals surface area contributed by atoms with Crippen molar-refractivity contribution in [3.8, 4) is 0 Å². The zero-order valence-electron chi connectivity index (χ0n) is 32.7. The minimum absolute atomic E-state index is 0.0706. The zero-order chi connectivity index (χ0) is 40.7. The van der Waals surface area contributed by atoms with Crippen LogP contribution in [0.4, 0.5) is 0 Å². The highest BCUT2D eigenvalue weighted by molar-refractivity contribution is 5.83. The molecule has 9 heterocycles. The number of epoxide rings is 3. The standard InChI is InChI=1S/C33H44O12.3C2H6O2/c1-2-33(12-37-6-3-18(34)15-9-21-27-30(43-27)24(15)40-21,13-38-7-4-19(35)16-10-22-28-31(44-28)25(16)41-22)14-39-8-5-20(36)17-11-23-29-32(45-29)26(17)42-23;3*3-1-2-4/h15-17,21-32H,2-14H2,1H3;3*3-4H,1-2H2. The van der Waals surface area contributed by atoms with E-state index in [4.69, 9.17) is 73.3 Å². The molecule has 9 fully saturated rings. The largest absolute Gasteiger partial charge is 0.394 e. The molecule has 0 aromatic heterocycles. The molecule has 0 saturated carbocycles. The third-order valence-electron chi connectivity index (χ3n) is 12.4. The first kappa shape index (κ1) is 44.9. The molecule has 9 aliphatic heterocycles. The van der Waals surface area contributed by atoms with Crippen molar-refractivity contribution in [3.63, 3.8) is 0 Å². The maximum absolute atomic E-state index is 12.9. The molecule has 6 bridgehead atoms. The second-order valence-corrected chi connectivity index (χ2v) is 16.1. The fourth-order valence-corrected chi connectivity index (χ4v) is 9.18. The van der Waals surface area contributed by atoms with Gasteiger partial charge in [-0.1, -0.05) is 6.92 Å². The Kier molecular flexibility index (Phi) is 16.4. The van der Waals surface area contributed by atoms with Gasteiger partial charge >= 0.3 is 0 Å². The Morgan fingerprint density at radius 1 is 0.456 bits per heavy atom. The second kappa shape index (κ2) is 20.8. The fourth-order valence-electron chi connectivity index (χ4n) is 9.18. The van der Waals surface area contributed by atoms with Crippen molar-refractivity contribution < 1.29 is 87.7 Å². The molecular formula is C39H62O18. The summed E-state index contributed by atoms with van der Waals surface area (Å²) in [6.45, 7) is 3.28. The lowest BCUT2D eigenvalue weighted by Crippen LogP contribution is -2.38. The molecule has 0 aliphatic carbocycles. The summed E-state index contributed by atoms with van der Waals surface area (Å²) in [7, 11) is 0. The van der Waals surface area contributed by atoms with Gasteiger partial charge in [0.2, 0.25) is 0 Å². The summed E-state index contributed by atoms with van der Waals surface area (Å²) in [5.74, 6) is 0.205. The highest BCUT2D eigenvalue weighted by Gasteiger charge is 2.68. The van der Waals surface area contributed by atoms with Crippen LogP contribution in [0.2, 0.25) is 0 Å². The van der Waals surface area contributed by atoms with Gasteiger partial charge in [0.15, 0.2) is 0 Å². The number of aliphatic hydroxyl groups excluding tert-OH is 6. The maximum Gasteiger partial charge on any atom is 0.141 e. The molecule has 0 amide bonds. The molecule has 18 heteroatoms. The average molecular weight is 819 g/mol. The van der Waals surface area contributed by atoms with Gasteiger partial charge in [0.25, 0.3) is 0 Å². The van der Waals surface area contributed by atoms with Gasteiger partial charge < -0.3 is 73.3 Å². The minimum Gasteiger partial charge on any atom is -0.394 e. The molecule has 15 unspecified atom stereocenters. The first-order valence-electron chi connectivity index (χ1n) is 20.6. The first-order chi connectivity index (χ1) is 27.7. The van der Waals surface area contributed by atoms with E-state index in [1.54, 1.807) is 0 Å². The third kappa shape index (κ3) is 10.7. The van der Waals surface area contributed by atoms with Crippen LogP contribution in [0.15, 0.2) is 0 Å². The van der Waals surface area contributed by atoms with Gasteiger partial charge in [-0.05, 0) is 25.7 Å². The maximum atomic E-state index is 12.9.